The summed E-state index contributed by atoms with van der Waals surface area (Å²) < 4.78 is 10.7. The van der Waals surface area contributed by atoms with Gasteiger partial charge in [0.05, 0.1) is 43.3 Å². The Morgan fingerprint density at radius 3 is 2.91 bits per heavy atom. The Hall–Kier alpha value is -2.15. The number of amides is 1. The second kappa shape index (κ2) is 5.92. The first-order valence-electron chi connectivity index (χ1n) is 7.36. The minimum Gasteiger partial charge on any atom is -0.377 e. The van der Waals surface area contributed by atoms with Gasteiger partial charge in [0, 0.05) is 12.1 Å². The number of aromatic nitrogens is 3. The molecule has 0 bridgehead atoms. The number of carbonyl (C=O) groups excluding carboxylic acids is 1. The molecule has 0 spiro atoms. The molecule has 1 saturated heterocycles. The van der Waals surface area contributed by atoms with Crippen LogP contribution in [-0.4, -0.2) is 45.9 Å². The van der Waals surface area contributed by atoms with Crippen LogP contribution in [0.15, 0.2) is 10.7 Å². The van der Waals surface area contributed by atoms with E-state index in [0.29, 0.717) is 31.9 Å². The Labute approximate surface area is 128 Å². The molecule has 1 aliphatic heterocycles. The van der Waals surface area contributed by atoms with E-state index in [1.807, 2.05) is 25.7 Å². The number of morpholine rings is 1. The Morgan fingerprint density at radius 1 is 1.45 bits per heavy atom. The highest BCUT2D eigenvalue weighted by Crippen LogP contribution is 2.26. The molecule has 118 valence electrons. The molecule has 1 N–H and O–H groups in total. The number of hydrogen-bond donors (Lipinski definition) is 1. The molecule has 0 unspecified atom stereocenters. The van der Waals surface area contributed by atoms with Crippen LogP contribution in [0.3, 0.4) is 0 Å². The first-order valence-corrected chi connectivity index (χ1v) is 7.36. The number of rotatable bonds is 3. The van der Waals surface area contributed by atoms with E-state index in [1.165, 1.54) is 0 Å². The minimum absolute atomic E-state index is 0.0525. The van der Waals surface area contributed by atoms with Gasteiger partial charge >= 0.3 is 0 Å². The third-order valence-corrected chi connectivity index (χ3v) is 4.16. The average molecular weight is 304 g/mol. The van der Waals surface area contributed by atoms with Crippen molar-refractivity contribution >= 4 is 5.91 Å². The van der Waals surface area contributed by atoms with Gasteiger partial charge < -0.3 is 14.2 Å². The number of aromatic amines is 1. The molecule has 2 aromatic rings. The summed E-state index contributed by atoms with van der Waals surface area (Å²) in [7, 11) is 0. The third-order valence-electron chi connectivity index (χ3n) is 4.16. The number of H-pyrrole nitrogens is 1. The quantitative estimate of drug-likeness (QED) is 0.928. The standard InChI is InChI=1S/C15H20N4O3/c1-9-7-16-17-15(9)13-8-21-5-4-19(13)14(20)6-12-10(2)18-22-11(12)3/h7,13H,4-6,8H2,1-3H3,(H,16,17)/t13-/m0/s1. The van der Waals surface area contributed by atoms with Gasteiger partial charge in [0.2, 0.25) is 5.91 Å². The molecule has 7 nitrogen and oxygen atoms in total. The number of carbonyl (C=O) groups is 1. The van der Waals surface area contributed by atoms with Gasteiger partial charge in [-0.2, -0.15) is 5.10 Å². The molecule has 1 atom stereocenters. The molecule has 3 rings (SSSR count). The molecular weight excluding hydrogens is 284 g/mol. The van der Waals surface area contributed by atoms with Crippen molar-refractivity contribution in [2.75, 3.05) is 19.8 Å². The lowest BCUT2D eigenvalue weighted by Crippen LogP contribution is -2.44. The van der Waals surface area contributed by atoms with Crippen molar-refractivity contribution in [3.8, 4) is 0 Å². The fraction of sp³-hybridized carbons (Fsp3) is 0.533. The predicted octanol–water partition coefficient (Wildman–Crippen LogP) is 1.47. The van der Waals surface area contributed by atoms with E-state index in [0.717, 1.165) is 22.5 Å². The molecule has 0 aromatic carbocycles. The van der Waals surface area contributed by atoms with Gasteiger partial charge in [-0.25, -0.2) is 0 Å². The van der Waals surface area contributed by atoms with Crippen LogP contribution < -0.4 is 0 Å². The van der Waals surface area contributed by atoms with E-state index in [1.54, 1.807) is 6.20 Å². The van der Waals surface area contributed by atoms with Crippen LogP contribution >= 0.6 is 0 Å². The van der Waals surface area contributed by atoms with Crippen molar-refractivity contribution in [1.29, 1.82) is 0 Å². The second-order valence-electron chi connectivity index (χ2n) is 5.62. The van der Waals surface area contributed by atoms with Crippen LogP contribution in [-0.2, 0) is 16.0 Å². The highest BCUT2D eigenvalue weighted by molar-refractivity contribution is 5.79. The molecule has 7 heteroatoms. The van der Waals surface area contributed by atoms with Crippen LogP contribution in [0.2, 0.25) is 0 Å². The number of nitrogens with one attached hydrogen (secondary N) is 1. The Kier molecular flexibility index (Phi) is 3.98. The topological polar surface area (TPSA) is 84.2 Å². The fourth-order valence-electron chi connectivity index (χ4n) is 2.84. The third kappa shape index (κ3) is 2.64. The Morgan fingerprint density at radius 2 is 2.27 bits per heavy atom. The van der Waals surface area contributed by atoms with Gasteiger partial charge in [0.15, 0.2) is 0 Å². The normalized spacial score (nSPS) is 18.7. The number of hydrogen-bond acceptors (Lipinski definition) is 5. The van der Waals surface area contributed by atoms with Gasteiger partial charge in [-0.3, -0.25) is 9.89 Å². The Bertz CT molecular complexity index is 657. The smallest absolute Gasteiger partial charge is 0.227 e. The van der Waals surface area contributed by atoms with Crippen molar-refractivity contribution in [3.63, 3.8) is 0 Å². The highest BCUT2D eigenvalue weighted by Gasteiger charge is 2.31. The molecule has 0 saturated carbocycles. The van der Waals surface area contributed by atoms with E-state index in [4.69, 9.17) is 9.26 Å². The summed E-state index contributed by atoms with van der Waals surface area (Å²) in [6.45, 7) is 7.27. The van der Waals surface area contributed by atoms with Crippen LogP contribution in [0.5, 0.6) is 0 Å². The molecule has 2 aromatic heterocycles. The predicted molar refractivity (Wildman–Crippen MR) is 78.3 cm³/mol. The van der Waals surface area contributed by atoms with Crippen molar-refractivity contribution in [3.05, 3.63) is 34.5 Å². The summed E-state index contributed by atoms with van der Waals surface area (Å²) in [5.74, 6) is 0.755. The molecule has 1 aliphatic rings. The van der Waals surface area contributed by atoms with E-state index >= 15 is 0 Å². The van der Waals surface area contributed by atoms with Crippen molar-refractivity contribution < 1.29 is 14.1 Å². The minimum atomic E-state index is -0.121. The molecule has 1 amide bonds. The number of ether oxygens (including phenoxy) is 1. The van der Waals surface area contributed by atoms with E-state index < -0.39 is 0 Å². The average Bonchev–Trinajstić information content (AvgIpc) is 3.07. The summed E-state index contributed by atoms with van der Waals surface area (Å²) in [4.78, 5) is 14.6. The van der Waals surface area contributed by atoms with Gasteiger partial charge in [-0.1, -0.05) is 5.16 Å². The zero-order valence-corrected chi connectivity index (χ0v) is 13.0. The first kappa shape index (κ1) is 14.8. The largest absolute Gasteiger partial charge is 0.377 e. The lowest BCUT2D eigenvalue weighted by atomic mass is 10.1. The molecule has 0 radical (unpaired) electrons. The van der Waals surface area contributed by atoms with Gasteiger partial charge in [-0.05, 0) is 26.3 Å². The summed E-state index contributed by atoms with van der Waals surface area (Å²) in [6.07, 6.45) is 2.06. The highest BCUT2D eigenvalue weighted by atomic mass is 16.5. The maximum absolute atomic E-state index is 12.8. The zero-order chi connectivity index (χ0) is 15.7. The van der Waals surface area contributed by atoms with Crippen LogP contribution in [0.4, 0.5) is 0 Å². The summed E-state index contributed by atoms with van der Waals surface area (Å²) in [6, 6.07) is -0.121. The Balaban J connectivity index is 1.82. The molecule has 22 heavy (non-hydrogen) atoms. The van der Waals surface area contributed by atoms with Crippen LogP contribution in [0.25, 0.3) is 0 Å². The summed E-state index contributed by atoms with van der Waals surface area (Å²) >= 11 is 0. The van der Waals surface area contributed by atoms with Crippen molar-refractivity contribution in [2.24, 2.45) is 0 Å². The monoisotopic (exact) mass is 304 g/mol. The van der Waals surface area contributed by atoms with E-state index in [9.17, 15) is 4.79 Å². The number of nitrogens with zero attached hydrogens (tertiary/aromatic N) is 3. The van der Waals surface area contributed by atoms with Gasteiger partial charge in [-0.15, -0.1) is 0 Å². The lowest BCUT2D eigenvalue weighted by Gasteiger charge is -2.35. The van der Waals surface area contributed by atoms with Crippen LogP contribution in [0, 0.1) is 20.8 Å². The molecule has 3 heterocycles. The van der Waals surface area contributed by atoms with Crippen LogP contribution in [0.1, 0.15) is 34.3 Å². The SMILES string of the molecule is Cc1cn[nH]c1[C@@H]1COCCN1C(=O)Cc1c(C)noc1C. The zero-order valence-electron chi connectivity index (χ0n) is 13.0. The number of aryl methyl sites for hydroxylation is 3. The van der Waals surface area contributed by atoms with E-state index in [2.05, 4.69) is 15.4 Å². The molecule has 1 fully saturated rings. The fourth-order valence-corrected chi connectivity index (χ4v) is 2.84. The van der Waals surface area contributed by atoms with Crippen molar-refractivity contribution in [1.82, 2.24) is 20.3 Å². The maximum atomic E-state index is 12.8. The molecule has 0 aliphatic carbocycles. The van der Waals surface area contributed by atoms with Crippen molar-refractivity contribution in [2.45, 2.75) is 33.2 Å². The summed E-state index contributed by atoms with van der Waals surface area (Å²) in [5, 5.41) is 10.9. The van der Waals surface area contributed by atoms with E-state index in [-0.39, 0.29) is 11.9 Å². The maximum Gasteiger partial charge on any atom is 0.227 e. The second-order valence-corrected chi connectivity index (χ2v) is 5.62. The van der Waals surface area contributed by atoms with Gasteiger partial charge in [0.25, 0.3) is 0 Å². The lowest BCUT2D eigenvalue weighted by molar-refractivity contribution is -0.139. The summed E-state index contributed by atoms with van der Waals surface area (Å²) in [5.41, 5.74) is 3.61. The van der Waals surface area contributed by atoms with Gasteiger partial charge in [0.1, 0.15) is 5.76 Å². The molecular formula is C15H20N4O3. The first-order chi connectivity index (χ1) is 10.6.